The van der Waals surface area contributed by atoms with Gasteiger partial charge in [0.05, 0.1) is 10.8 Å². The van der Waals surface area contributed by atoms with E-state index in [0.29, 0.717) is 4.90 Å². The Morgan fingerprint density at radius 2 is 1.91 bits per heavy atom. The highest BCUT2D eigenvalue weighted by molar-refractivity contribution is 7.85. The molecule has 6 nitrogen and oxygen atoms in total. The fourth-order valence-corrected chi connectivity index (χ4v) is 3.42. The zero-order valence-electron chi connectivity index (χ0n) is 12.3. The van der Waals surface area contributed by atoms with Gasteiger partial charge in [-0.15, -0.1) is 0 Å². The lowest BCUT2D eigenvalue weighted by atomic mass is 10.3. The van der Waals surface area contributed by atoms with Crippen molar-refractivity contribution in [1.82, 2.24) is 9.13 Å². The number of aromatic nitrogens is 2. The molecule has 0 spiro atoms. The van der Waals surface area contributed by atoms with Crippen LogP contribution in [0, 0.1) is 11.3 Å². The topological polar surface area (TPSA) is 84.9 Å². The summed E-state index contributed by atoms with van der Waals surface area (Å²) in [7, 11) is -1.30. The molecule has 7 heteroatoms. The summed E-state index contributed by atoms with van der Waals surface area (Å²) < 4.78 is 14.7. The molecule has 2 aromatic rings. The molecule has 0 radical (unpaired) electrons. The molecule has 1 aliphatic rings. The normalized spacial score (nSPS) is 15.1. The van der Waals surface area contributed by atoms with Crippen molar-refractivity contribution >= 4 is 10.8 Å². The number of nitriles is 1. The summed E-state index contributed by atoms with van der Waals surface area (Å²) in [5.74, 6) is 0.151. The molecule has 23 heavy (non-hydrogen) atoms. The zero-order chi connectivity index (χ0) is 16.4. The van der Waals surface area contributed by atoms with Crippen LogP contribution < -0.4 is 11.2 Å². The second kappa shape index (κ2) is 6.34. The maximum atomic E-state index is 12.4. The summed E-state index contributed by atoms with van der Waals surface area (Å²) in [6.45, 7) is 0.0292. The van der Waals surface area contributed by atoms with Gasteiger partial charge >= 0.3 is 5.69 Å². The molecule has 0 aliphatic heterocycles. The Morgan fingerprint density at radius 1 is 1.22 bits per heavy atom. The van der Waals surface area contributed by atoms with Gasteiger partial charge < -0.3 is 0 Å². The standard InChI is InChI=1S/C16H15N3O3S/c17-10-12-11-19(13-6-7-13)16(21)18(15(12)20)8-9-23(22)14-4-2-1-3-5-14/h1-5,11,13H,6-9H2/t23-/m0/s1. The van der Waals surface area contributed by atoms with Crippen molar-refractivity contribution in [2.75, 3.05) is 5.75 Å². The van der Waals surface area contributed by atoms with Crippen molar-refractivity contribution in [3.63, 3.8) is 0 Å². The van der Waals surface area contributed by atoms with Crippen LogP contribution in [0.2, 0.25) is 0 Å². The second-order valence-corrected chi connectivity index (χ2v) is 6.97. The van der Waals surface area contributed by atoms with Crippen LogP contribution in [0.15, 0.2) is 51.0 Å². The molecule has 1 fully saturated rings. The zero-order valence-corrected chi connectivity index (χ0v) is 13.2. The van der Waals surface area contributed by atoms with E-state index in [4.69, 9.17) is 5.26 Å². The highest BCUT2D eigenvalue weighted by Gasteiger charge is 2.26. The van der Waals surface area contributed by atoms with E-state index in [0.717, 1.165) is 17.4 Å². The van der Waals surface area contributed by atoms with Gasteiger partial charge in [-0.05, 0) is 25.0 Å². The molecule has 118 valence electrons. The maximum absolute atomic E-state index is 12.4. The summed E-state index contributed by atoms with van der Waals surface area (Å²) in [5.41, 5.74) is -1.09. The minimum atomic E-state index is -1.30. The van der Waals surface area contributed by atoms with E-state index in [9.17, 15) is 13.8 Å². The van der Waals surface area contributed by atoms with Gasteiger partial charge in [0, 0.05) is 29.4 Å². The van der Waals surface area contributed by atoms with Crippen molar-refractivity contribution in [3.8, 4) is 6.07 Å². The first-order valence-corrected chi connectivity index (χ1v) is 8.63. The van der Waals surface area contributed by atoms with E-state index < -0.39 is 22.0 Å². The summed E-state index contributed by atoms with van der Waals surface area (Å²) >= 11 is 0. The quantitative estimate of drug-likeness (QED) is 0.820. The van der Waals surface area contributed by atoms with Crippen LogP contribution in [0.3, 0.4) is 0 Å². The minimum absolute atomic E-state index is 0.0292. The Balaban J connectivity index is 1.89. The lowest BCUT2D eigenvalue weighted by molar-refractivity contribution is 0.576. The Kier molecular flexibility index (Phi) is 4.26. The monoisotopic (exact) mass is 329 g/mol. The predicted octanol–water partition coefficient (Wildman–Crippen LogP) is 1.02. The van der Waals surface area contributed by atoms with Gasteiger partial charge in [-0.25, -0.2) is 4.79 Å². The van der Waals surface area contributed by atoms with Crippen molar-refractivity contribution in [3.05, 3.63) is 62.9 Å². The van der Waals surface area contributed by atoms with Gasteiger partial charge in [-0.3, -0.25) is 18.1 Å². The SMILES string of the molecule is N#Cc1cn(C2CC2)c(=O)n(CC[S@](=O)c2ccccc2)c1=O. The van der Waals surface area contributed by atoms with Gasteiger partial charge in [0.1, 0.15) is 11.6 Å². The molecule has 1 aromatic carbocycles. The number of hydrogen-bond acceptors (Lipinski definition) is 4. The van der Waals surface area contributed by atoms with Gasteiger partial charge in [-0.2, -0.15) is 5.26 Å². The van der Waals surface area contributed by atoms with Crippen molar-refractivity contribution in [2.24, 2.45) is 0 Å². The third kappa shape index (κ3) is 3.17. The summed E-state index contributed by atoms with van der Waals surface area (Å²) in [6, 6.07) is 10.8. The molecule has 1 heterocycles. The van der Waals surface area contributed by atoms with Crippen LogP contribution in [0.25, 0.3) is 0 Å². The summed E-state index contributed by atoms with van der Waals surface area (Å²) in [4.78, 5) is 25.3. The largest absolute Gasteiger partial charge is 0.331 e. The molecule has 0 saturated heterocycles. The fourth-order valence-electron chi connectivity index (χ4n) is 2.37. The molecule has 0 unspecified atom stereocenters. The van der Waals surface area contributed by atoms with Gasteiger partial charge in [0.2, 0.25) is 0 Å². The summed E-state index contributed by atoms with van der Waals surface area (Å²) in [5, 5.41) is 9.08. The molecule has 3 rings (SSSR count). The van der Waals surface area contributed by atoms with E-state index in [1.54, 1.807) is 24.3 Å². The first kappa shape index (κ1) is 15.4. The second-order valence-electron chi connectivity index (χ2n) is 5.40. The molecule has 1 aliphatic carbocycles. The maximum Gasteiger partial charge on any atom is 0.331 e. The minimum Gasteiger partial charge on any atom is -0.296 e. The van der Waals surface area contributed by atoms with Gasteiger partial charge in [0.25, 0.3) is 5.56 Å². The Morgan fingerprint density at radius 3 is 2.52 bits per heavy atom. The van der Waals surface area contributed by atoms with E-state index in [1.807, 2.05) is 12.1 Å². The van der Waals surface area contributed by atoms with E-state index >= 15 is 0 Å². The van der Waals surface area contributed by atoms with Crippen LogP contribution >= 0.6 is 0 Å². The van der Waals surface area contributed by atoms with Crippen LogP contribution in [0.1, 0.15) is 24.4 Å². The first-order valence-electron chi connectivity index (χ1n) is 7.31. The van der Waals surface area contributed by atoms with Crippen LogP contribution in [0.5, 0.6) is 0 Å². The third-order valence-electron chi connectivity index (χ3n) is 3.76. The molecule has 0 N–H and O–H groups in total. The Hall–Kier alpha value is -2.46. The molecule has 1 aromatic heterocycles. The molecular formula is C16H15N3O3S. The average Bonchev–Trinajstić information content (AvgIpc) is 3.40. The smallest absolute Gasteiger partial charge is 0.296 e. The van der Waals surface area contributed by atoms with Gasteiger partial charge in [-0.1, -0.05) is 18.2 Å². The van der Waals surface area contributed by atoms with Crippen molar-refractivity contribution in [1.29, 1.82) is 5.26 Å². The number of benzene rings is 1. The fraction of sp³-hybridized carbons (Fsp3) is 0.312. The lowest BCUT2D eigenvalue weighted by Crippen LogP contribution is -2.41. The van der Waals surface area contributed by atoms with E-state index in [-0.39, 0.29) is 23.9 Å². The van der Waals surface area contributed by atoms with Crippen LogP contribution in [0.4, 0.5) is 0 Å². The van der Waals surface area contributed by atoms with E-state index in [2.05, 4.69) is 0 Å². The summed E-state index contributed by atoms with van der Waals surface area (Å²) in [6.07, 6.45) is 3.09. The first-order chi connectivity index (χ1) is 11.1. The third-order valence-corrected chi connectivity index (χ3v) is 5.11. The van der Waals surface area contributed by atoms with Crippen LogP contribution in [-0.2, 0) is 17.3 Å². The average molecular weight is 329 g/mol. The van der Waals surface area contributed by atoms with Crippen molar-refractivity contribution in [2.45, 2.75) is 30.3 Å². The van der Waals surface area contributed by atoms with Crippen molar-refractivity contribution < 1.29 is 4.21 Å². The number of rotatable bonds is 5. The Labute approximate surface area is 135 Å². The highest BCUT2D eigenvalue weighted by atomic mass is 32.2. The lowest BCUT2D eigenvalue weighted by Gasteiger charge is -2.10. The number of hydrogen-bond donors (Lipinski definition) is 0. The molecular weight excluding hydrogens is 314 g/mol. The van der Waals surface area contributed by atoms with Gasteiger partial charge in [0.15, 0.2) is 0 Å². The van der Waals surface area contributed by atoms with E-state index in [1.165, 1.54) is 10.8 Å². The number of nitrogens with zero attached hydrogens (tertiary/aromatic N) is 3. The molecule has 1 atom stereocenters. The highest BCUT2D eigenvalue weighted by Crippen LogP contribution is 2.33. The Bertz CT molecular complexity index is 905. The molecule has 0 bridgehead atoms. The predicted molar refractivity (Wildman–Crippen MR) is 85.7 cm³/mol. The van der Waals surface area contributed by atoms with Crippen LogP contribution in [-0.4, -0.2) is 19.1 Å². The molecule has 1 saturated carbocycles. The molecule has 0 amide bonds.